The number of rotatable bonds is 2. The van der Waals surface area contributed by atoms with Crippen LogP contribution in [0.5, 0.6) is 5.75 Å². The number of carbonyl (C=O) groups excluding carboxylic acids is 1. The van der Waals surface area contributed by atoms with Gasteiger partial charge in [-0.15, -0.1) is 12.4 Å². The van der Waals surface area contributed by atoms with Crippen LogP contribution in [0.2, 0.25) is 0 Å². The van der Waals surface area contributed by atoms with Gasteiger partial charge < -0.3 is 15.4 Å². The Kier molecular flexibility index (Phi) is 5.26. The van der Waals surface area contributed by atoms with Gasteiger partial charge in [-0.1, -0.05) is 24.6 Å². The molecule has 2 heterocycles. The van der Waals surface area contributed by atoms with Gasteiger partial charge >= 0.3 is 0 Å². The number of carbonyl (C=O) groups is 1. The fourth-order valence-corrected chi connectivity index (χ4v) is 2.80. The molecule has 2 N–H and O–H groups in total. The van der Waals surface area contributed by atoms with Crippen molar-refractivity contribution in [2.75, 3.05) is 13.2 Å². The third-order valence-electron chi connectivity index (χ3n) is 3.85. The average Bonchev–Trinajstić information content (AvgIpc) is 2.48. The van der Waals surface area contributed by atoms with Crippen LogP contribution in [-0.2, 0) is 11.2 Å². The summed E-state index contributed by atoms with van der Waals surface area (Å²) in [7, 11) is 0. The van der Waals surface area contributed by atoms with E-state index in [9.17, 15) is 4.79 Å². The van der Waals surface area contributed by atoms with Gasteiger partial charge in [-0.2, -0.15) is 0 Å². The molecule has 0 saturated carbocycles. The Bertz CT molecular complexity index is 461. The highest BCUT2D eigenvalue weighted by molar-refractivity contribution is 5.85. The molecule has 0 aliphatic carbocycles. The highest BCUT2D eigenvalue weighted by Gasteiger charge is 2.25. The van der Waals surface area contributed by atoms with Crippen LogP contribution in [0.25, 0.3) is 0 Å². The van der Waals surface area contributed by atoms with Gasteiger partial charge in [-0.3, -0.25) is 4.79 Å². The zero-order valence-electron chi connectivity index (χ0n) is 11.4. The van der Waals surface area contributed by atoms with Crippen LogP contribution >= 0.6 is 12.4 Å². The zero-order chi connectivity index (χ0) is 13.1. The normalized spacial score (nSPS) is 24.8. The molecule has 2 aliphatic rings. The molecule has 1 aromatic rings. The van der Waals surface area contributed by atoms with Crippen molar-refractivity contribution in [3.8, 4) is 5.75 Å². The number of para-hydroxylation sites is 1. The van der Waals surface area contributed by atoms with Crippen LogP contribution in [-0.4, -0.2) is 31.1 Å². The Morgan fingerprint density at radius 2 is 2.15 bits per heavy atom. The molecule has 0 spiro atoms. The summed E-state index contributed by atoms with van der Waals surface area (Å²) in [5, 5.41) is 6.38. The highest BCUT2D eigenvalue weighted by atomic mass is 35.5. The lowest BCUT2D eigenvalue weighted by atomic mass is 10.0. The largest absolute Gasteiger partial charge is 0.491 e. The number of benzene rings is 1. The molecule has 1 amide bonds. The molecule has 4 nitrogen and oxygen atoms in total. The second-order valence-electron chi connectivity index (χ2n) is 5.33. The van der Waals surface area contributed by atoms with Crippen molar-refractivity contribution in [1.82, 2.24) is 10.6 Å². The molecule has 1 fully saturated rings. The lowest BCUT2D eigenvalue weighted by Crippen LogP contribution is -2.52. The monoisotopic (exact) mass is 296 g/mol. The summed E-state index contributed by atoms with van der Waals surface area (Å²) in [4.78, 5) is 12.1. The minimum absolute atomic E-state index is 0. The van der Waals surface area contributed by atoms with E-state index in [1.165, 1.54) is 12.0 Å². The predicted molar refractivity (Wildman–Crippen MR) is 80.5 cm³/mol. The highest BCUT2D eigenvalue weighted by Crippen LogP contribution is 2.24. The Hall–Kier alpha value is -1.26. The number of piperidine rings is 1. The molecule has 2 unspecified atom stereocenters. The van der Waals surface area contributed by atoms with Crippen molar-refractivity contribution in [3.63, 3.8) is 0 Å². The Balaban J connectivity index is 0.00000147. The number of fused-ring (bicyclic) bond motifs is 1. The van der Waals surface area contributed by atoms with Gasteiger partial charge in [0.15, 0.2) is 0 Å². The molecule has 1 saturated heterocycles. The first-order valence-corrected chi connectivity index (χ1v) is 7.07. The molecule has 20 heavy (non-hydrogen) atoms. The van der Waals surface area contributed by atoms with Crippen molar-refractivity contribution >= 4 is 18.3 Å². The zero-order valence-corrected chi connectivity index (χ0v) is 12.2. The Labute approximate surface area is 125 Å². The minimum Gasteiger partial charge on any atom is -0.491 e. The standard InChI is InChI=1S/C15H20N2O2.ClH/c18-15(13-6-3-4-8-16-13)17-12-9-11-5-1-2-7-14(11)19-10-12;/h1-2,5,7,12-13,16H,3-4,6,8-10H2,(H,17,18);1H. The summed E-state index contributed by atoms with van der Waals surface area (Å²) >= 11 is 0. The molecule has 0 radical (unpaired) electrons. The van der Waals surface area contributed by atoms with E-state index < -0.39 is 0 Å². The maximum Gasteiger partial charge on any atom is 0.237 e. The van der Waals surface area contributed by atoms with Gasteiger partial charge in [0.05, 0.1) is 12.1 Å². The Morgan fingerprint density at radius 1 is 1.30 bits per heavy atom. The van der Waals surface area contributed by atoms with Gasteiger partial charge in [-0.25, -0.2) is 0 Å². The molecule has 110 valence electrons. The van der Waals surface area contributed by atoms with Crippen molar-refractivity contribution in [3.05, 3.63) is 29.8 Å². The number of hydrogen-bond donors (Lipinski definition) is 2. The topological polar surface area (TPSA) is 50.4 Å². The van der Waals surface area contributed by atoms with Crippen LogP contribution < -0.4 is 15.4 Å². The maximum atomic E-state index is 12.1. The first-order chi connectivity index (χ1) is 9.33. The van der Waals surface area contributed by atoms with Gasteiger partial charge in [0.1, 0.15) is 12.4 Å². The molecule has 5 heteroatoms. The summed E-state index contributed by atoms with van der Waals surface area (Å²) in [6.45, 7) is 1.51. The average molecular weight is 297 g/mol. The van der Waals surface area contributed by atoms with E-state index >= 15 is 0 Å². The van der Waals surface area contributed by atoms with Crippen molar-refractivity contribution < 1.29 is 9.53 Å². The number of amides is 1. The van der Waals surface area contributed by atoms with Gasteiger partial charge in [0.25, 0.3) is 0 Å². The number of ether oxygens (including phenoxy) is 1. The molecule has 3 rings (SSSR count). The SMILES string of the molecule is Cl.O=C(NC1COc2ccccc2C1)C1CCCCN1. The van der Waals surface area contributed by atoms with E-state index in [0.717, 1.165) is 31.6 Å². The molecular formula is C15H21ClN2O2. The summed E-state index contributed by atoms with van der Waals surface area (Å²) < 4.78 is 5.69. The van der Waals surface area contributed by atoms with E-state index in [0.29, 0.717) is 6.61 Å². The molecular weight excluding hydrogens is 276 g/mol. The van der Waals surface area contributed by atoms with E-state index in [1.807, 2.05) is 18.2 Å². The maximum absolute atomic E-state index is 12.1. The lowest BCUT2D eigenvalue weighted by Gasteiger charge is -2.29. The van der Waals surface area contributed by atoms with E-state index in [-0.39, 0.29) is 30.4 Å². The first kappa shape index (κ1) is 15.1. The minimum atomic E-state index is -0.0223. The molecule has 0 bridgehead atoms. The van der Waals surface area contributed by atoms with Crippen molar-refractivity contribution in [1.29, 1.82) is 0 Å². The van der Waals surface area contributed by atoms with Gasteiger partial charge in [-0.05, 0) is 37.4 Å². The molecule has 1 aromatic carbocycles. The quantitative estimate of drug-likeness (QED) is 0.873. The lowest BCUT2D eigenvalue weighted by molar-refractivity contribution is -0.124. The van der Waals surface area contributed by atoms with E-state index in [1.54, 1.807) is 0 Å². The molecule has 2 aliphatic heterocycles. The first-order valence-electron chi connectivity index (χ1n) is 7.07. The third kappa shape index (κ3) is 3.44. The summed E-state index contributed by atoms with van der Waals surface area (Å²) in [6.07, 6.45) is 4.10. The summed E-state index contributed by atoms with van der Waals surface area (Å²) in [5.74, 6) is 1.07. The van der Waals surface area contributed by atoms with Gasteiger partial charge in [0.2, 0.25) is 5.91 Å². The molecule has 0 aromatic heterocycles. The Morgan fingerprint density at radius 3 is 2.95 bits per heavy atom. The smallest absolute Gasteiger partial charge is 0.237 e. The fraction of sp³-hybridized carbons (Fsp3) is 0.533. The van der Waals surface area contributed by atoms with E-state index in [4.69, 9.17) is 4.74 Å². The number of nitrogens with one attached hydrogen (secondary N) is 2. The summed E-state index contributed by atoms with van der Waals surface area (Å²) in [6, 6.07) is 8.10. The van der Waals surface area contributed by atoms with Crippen LogP contribution in [0.15, 0.2) is 24.3 Å². The van der Waals surface area contributed by atoms with Crippen LogP contribution in [0, 0.1) is 0 Å². The fourth-order valence-electron chi connectivity index (χ4n) is 2.80. The predicted octanol–water partition coefficient (Wildman–Crippen LogP) is 1.67. The second-order valence-corrected chi connectivity index (χ2v) is 5.33. The molecule has 2 atom stereocenters. The second kappa shape index (κ2) is 6.95. The van der Waals surface area contributed by atoms with Crippen LogP contribution in [0.3, 0.4) is 0 Å². The van der Waals surface area contributed by atoms with Gasteiger partial charge in [0, 0.05) is 0 Å². The van der Waals surface area contributed by atoms with E-state index in [2.05, 4.69) is 16.7 Å². The number of hydrogen-bond acceptors (Lipinski definition) is 3. The van der Waals surface area contributed by atoms with Crippen molar-refractivity contribution in [2.24, 2.45) is 0 Å². The summed E-state index contributed by atoms with van der Waals surface area (Å²) in [5.41, 5.74) is 1.18. The van der Waals surface area contributed by atoms with Crippen LogP contribution in [0.4, 0.5) is 0 Å². The third-order valence-corrected chi connectivity index (χ3v) is 3.85. The van der Waals surface area contributed by atoms with Crippen molar-refractivity contribution in [2.45, 2.75) is 37.8 Å². The number of halogens is 1. The van der Waals surface area contributed by atoms with Crippen LogP contribution in [0.1, 0.15) is 24.8 Å².